The molecule has 21 heavy (non-hydrogen) atoms. The number of likely N-dealkylation sites (tertiary alicyclic amines) is 1. The van der Waals surface area contributed by atoms with Crippen molar-refractivity contribution >= 4 is 17.5 Å². The van der Waals surface area contributed by atoms with Gasteiger partial charge < -0.3 is 10.1 Å². The predicted octanol–water partition coefficient (Wildman–Crippen LogP) is 2.42. The summed E-state index contributed by atoms with van der Waals surface area (Å²) < 4.78 is 5.57. The highest BCUT2D eigenvalue weighted by Gasteiger charge is 2.39. The van der Waals surface area contributed by atoms with E-state index in [2.05, 4.69) is 5.32 Å². The van der Waals surface area contributed by atoms with Crippen LogP contribution in [0.15, 0.2) is 24.3 Å². The third-order valence-electron chi connectivity index (χ3n) is 3.27. The Morgan fingerprint density at radius 3 is 2.24 bits per heavy atom. The maximum atomic E-state index is 12.2. The highest BCUT2D eigenvalue weighted by Crippen LogP contribution is 2.22. The molecular weight excluding hydrogens is 268 g/mol. The topological polar surface area (TPSA) is 58.6 Å². The number of hydrogen-bond acceptors (Lipinski definition) is 4. The molecular formula is C16H22N2O3. The number of carbonyl (C=O) groups is 2. The molecule has 1 saturated heterocycles. The Labute approximate surface area is 125 Å². The SMILES string of the molecule is CC(C)Oc1ccc(NC2CC(=O)N(C(C)C)C2=O)cc1. The molecule has 0 aliphatic carbocycles. The highest BCUT2D eigenvalue weighted by atomic mass is 16.5. The van der Waals surface area contributed by atoms with E-state index >= 15 is 0 Å². The maximum Gasteiger partial charge on any atom is 0.252 e. The molecule has 0 saturated carbocycles. The summed E-state index contributed by atoms with van der Waals surface area (Å²) in [6, 6.07) is 6.84. The second kappa shape index (κ2) is 6.16. The number of amides is 2. The summed E-state index contributed by atoms with van der Waals surface area (Å²) in [5, 5.41) is 3.12. The molecule has 5 heteroatoms. The predicted molar refractivity (Wildman–Crippen MR) is 81.2 cm³/mol. The minimum atomic E-state index is -0.475. The molecule has 1 fully saturated rings. The van der Waals surface area contributed by atoms with Gasteiger partial charge in [-0.3, -0.25) is 14.5 Å². The lowest BCUT2D eigenvalue weighted by molar-refractivity contribution is -0.140. The zero-order chi connectivity index (χ0) is 15.6. The van der Waals surface area contributed by atoms with Crippen molar-refractivity contribution in [1.82, 2.24) is 4.90 Å². The molecule has 0 spiro atoms. The van der Waals surface area contributed by atoms with Crippen LogP contribution in [-0.2, 0) is 9.59 Å². The molecule has 0 radical (unpaired) electrons. The van der Waals surface area contributed by atoms with Crippen LogP contribution in [0.1, 0.15) is 34.1 Å². The number of benzene rings is 1. The van der Waals surface area contributed by atoms with Gasteiger partial charge in [0.25, 0.3) is 5.91 Å². The first-order valence-electron chi connectivity index (χ1n) is 7.27. The molecule has 1 aromatic rings. The molecule has 1 atom stereocenters. The van der Waals surface area contributed by atoms with Crippen molar-refractivity contribution in [3.05, 3.63) is 24.3 Å². The number of carbonyl (C=O) groups excluding carboxylic acids is 2. The summed E-state index contributed by atoms with van der Waals surface area (Å²) in [5.41, 5.74) is 0.808. The molecule has 1 aromatic carbocycles. The number of anilines is 1. The van der Waals surface area contributed by atoms with Crippen LogP contribution in [0.3, 0.4) is 0 Å². The molecule has 1 aliphatic heterocycles. The van der Waals surface area contributed by atoms with Crippen molar-refractivity contribution in [3.8, 4) is 5.75 Å². The van der Waals surface area contributed by atoms with Crippen molar-refractivity contribution < 1.29 is 14.3 Å². The van der Waals surface area contributed by atoms with E-state index in [0.717, 1.165) is 11.4 Å². The molecule has 0 aromatic heterocycles. The standard InChI is InChI=1S/C16H22N2O3/c1-10(2)18-15(19)9-14(16(18)20)17-12-5-7-13(8-6-12)21-11(3)4/h5-8,10-11,14,17H,9H2,1-4H3. The van der Waals surface area contributed by atoms with E-state index in [1.54, 1.807) is 0 Å². The summed E-state index contributed by atoms with van der Waals surface area (Å²) >= 11 is 0. The van der Waals surface area contributed by atoms with Gasteiger partial charge in [-0.05, 0) is 52.0 Å². The van der Waals surface area contributed by atoms with Gasteiger partial charge in [0.05, 0.1) is 12.5 Å². The summed E-state index contributed by atoms with van der Waals surface area (Å²) in [5.74, 6) is 0.512. The van der Waals surface area contributed by atoms with Gasteiger partial charge in [0.2, 0.25) is 5.91 Å². The number of nitrogens with one attached hydrogen (secondary N) is 1. The van der Waals surface area contributed by atoms with Gasteiger partial charge in [-0.25, -0.2) is 0 Å². The normalized spacial score (nSPS) is 18.8. The first-order chi connectivity index (χ1) is 9.88. The molecule has 114 valence electrons. The molecule has 1 heterocycles. The van der Waals surface area contributed by atoms with Crippen molar-refractivity contribution in [2.24, 2.45) is 0 Å². The summed E-state index contributed by atoms with van der Waals surface area (Å²) in [6.07, 6.45) is 0.332. The fraction of sp³-hybridized carbons (Fsp3) is 0.500. The van der Waals surface area contributed by atoms with Crippen molar-refractivity contribution in [3.63, 3.8) is 0 Å². The largest absolute Gasteiger partial charge is 0.491 e. The van der Waals surface area contributed by atoms with E-state index in [9.17, 15) is 9.59 Å². The van der Waals surface area contributed by atoms with Crippen LogP contribution < -0.4 is 10.1 Å². The Hall–Kier alpha value is -2.04. The number of rotatable bonds is 5. The van der Waals surface area contributed by atoms with Gasteiger partial charge in [-0.15, -0.1) is 0 Å². The van der Waals surface area contributed by atoms with E-state index in [-0.39, 0.29) is 30.4 Å². The van der Waals surface area contributed by atoms with Crippen molar-refractivity contribution in [2.75, 3.05) is 5.32 Å². The van der Waals surface area contributed by atoms with E-state index < -0.39 is 6.04 Å². The third-order valence-corrected chi connectivity index (χ3v) is 3.27. The molecule has 2 rings (SSSR count). The average Bonchev–Trinajstić information content (AvgIpc) is 2.66. The smallest absolute Gasteiger partial charge is 0.252 e. The molecule has 0 bridgehead atoms. The van der Waals surface area contributed by atoms with E-state index in [0.29, 0.717) is 0 Å². The Bertz CT molecular complexity index is 523. The Morgan fingerprint density at radius 2 is 1.76 bits per heavy atom. The summed E-state index contributed by atoms with van der Waals surface area (Å²) in [7, 11) is 0. The van der Waals surface area contributed by atoms with Crippen LogP contribution >= 0.6 is 0 Å². The van der Waals surface area contributed by atoms with Gasteiger partial charge in [0, 0.05) is 11.7 Å². The fourth-order valence-corrected chi connectivity index (χ4v) is 2.41. The van der Waals surface area contributed by atoms with Crippen LogP contribution in [0.4, 0.5) is 5.69 Å². The van der Waals surface area contributed by atoms with Crippen LogP contribution in [0.5, 0.6) is 5.75 Å². The van der Waals surface area contributed by atoms with Crippen molar-refractivity contribution in [2.45, 2.75) is 52.3 Å². The number of imide groups is 1. The summed E-state index contributed by atoms with van der Waals surface area (Å²) in [4.78, 5) is 25.4. The zero-order valence-electron chi connectivity index (χ0n) is 12.9. The lowest BCUT2D eigenvalue weighted by Crippen LogP contribution is -2.39. The van der Waals surface area contributed by atoms with Gasteiger partial charge >= 0.3 is 0 Å². The molecule has 1 aliphatic rings. The molecule has 5 nitrogen and oxygen atoms in total. The second-order valence-electron chi connectivity index (χ2n) is 5.79. The number of hydrogen-bond donors (Lipinski definition) is 1. The summed E-state index contributed by atoms with van der Waals surface area (Å²) in [6.45, 7) is 7.62. The lowest BCUT2D eigenvalue weighted by Gasteiger charge is -2.19. The van der Waals surface area contributed by atoms with Crippen LogP contribution in [0.2, 0.25) is 0 Å². The van der Waals surface area contributed by atoms with Crippen LogP contribution in [-0.4, -0.2) is 34.9 Å². The molecule has 1 N–H and O–H groups in total. The first kappa shape index (κ1) is 15.4. The quantitative estimate of drug-likeness (QED) is 0.846. The Kier molecular flexibility index (Phi) is 4.50. The Morgan fingerprint density at radius 1 is 1.14 bits per heavy atom. The van der Waals surface area contributed by atoms with Gasteiger partial charge in [0.1, 0.15) is 11.8 Å². The lowest BCUT2D eigenvalue weighted by atomic mass is 10.2. The maximum absolute atomic E-state index is 12.2. The van der Waals surface area contributed by atoms with Gasteiger partial charge in [-0.1, -0.05) is 0 Å². The van der Waals surface area contributed by atoms with Crippen molar-refractivity contribution in [1.29, 1.82) is 0 Å². The average molecular weight is 290 g/mol. The van der Waals surface area contributed by atoms with E-state index in [1.165, 1.54) is 4.90 Å². The highest BCUT2D eigenvalue weighted by molar-refractivity contribution is 6.07. The van der Waals surface area contributed by atoms with Gasteiger partial charge in [0.15, 0.2) is 0 Å². The molecule has 1 unspecified atom stereocenters. The van der Waals surface area contributed by atoms with Crippen LogP contribution in [0.25, 0.3) is 0 Å². The van der Waals surface area contributed by atoms with E-state index in [1.807, 2.05) is 52.0 Å². The number of nitrogens with zero attached hydrogens (tertiary/aromatic N) is 1. The number of ether oxygens (including phenoxy) is 1. The zero-order valence-corrected chi connectivity index (χ0v) is 12.9. The fourth-order valence-electron chi connectivity index (χ4n) is 2.41. The molecule has 2 amide bonds. The van der Waals surface area contributed by atoms with Crippen LogP contribution in [0, 0.1) is 0 Å². The minimum Gasteiger partial charge on any atom is -0.491 e. The first-order valence-corrected chi connectivity index (χ1v) is 7.27. The van der Waals surface area contributed by atoms with E-state index in [4.69, 9.17) is 4.74 Å². The Balaban J connectivity index is 2.02. The van der Waals surface area contributed by atoms with Gasteiger partial charge in [-0.2, -0.15) is 0 Å². The second-order valence-corrected chi connectivity index (χ2v) is 5.79. The minimum absolute atomic E-state index is 0.0985. The monoisotopic (exact) mass is 290 g/mol. The third kappa shape index (κ3) is 3.54.